The van der Waals surface area contributed by atoms with Gasteiger partial charge >= 0.3 is 0 Å². The Morgan fingerprint density at radius 2 is 2.22 bits per heavy atom. The molecule has 3 N–H and O–H groups in total. The van der Waals surface area contributed by atoms with Gasteiger partial charge < -0.3 is 15.8 Å². The molecule has 1 amide bonds. The number of nitrogens with two attached hydrogens (primary N) is 1. The van der Waals surface area contributed by atoms with E-state index >= 15 is 0 Å². The van der Waals surface area contributed by atoms with Crippen molar-refractivity contribution in [2.75, 3.05) is 19.0 Å². The molecule has 6 heteroatoms. The van der Waals surface area contributed by atoms with E-state index in [0.717, 1.165) is 22.1 Å². The second-order valence-corrected chi connectivity index (χ2v) is 4.62. The second kappa shape index (κ2) is 8.48. The number of aryl methyl sites for hydroxylation is 1. The van der Waals surface area contributed by atoms with Crippen molar-refractivity contribution in [2.45, 2.75) is 19.4 Å². The first-order valence-corrected chi connectivity index (χ1v) is 6.21. The van der Waals surface area contributed by atoms with Crippen molar-refractivity contribution in [3.8, 4) is 0 Å². The van der Waals surface area contributed by atoms with E-state index < -0.39 is 6.04 Å². The van der Waals surface area contributed by atoms with Gasteiger partial charge in [0, 0.05) is 17.3 Å². The van der Waals surface area contributed by atoms with Crippen molar-refractivity contribution >= 4 is 39.9 Å². The van der Waals surface area contributed by atoms with Crippen molar-refractivity contribution in [1.82, 2.24) is 0 Å². The van der Waals surface area contributed by atoms with Crippen LogP contribution in [0.3, 0.4) is 0 Å². The van der Waals surface area contributed by atoms with Gasteiger partial charge in [0.15, 0.2) is 0 Å². The van der Waals surface area contributed by atoms with Gasteiger partial charge in [0.25, 0.3) is 0 Å². The molecule has 18 heavy (non-hydrogen) atoms. The second-order valence-electron chi connectivity index (χ2n) is 3.71. The average Bonchev–Trinajstić information content (AvgIpc) is 2.31. The van der Waals surface area contributed by atoms with E-state index in [1.165, 1.54) is 7.11 Å². The van der Waals surface area contributed by atoms with Crippen molar-refractivity contribution < 1.29 is 9.53 Å². The van der Waals surface area contributed by atoms with Gasteiger partial charge in [-0.05, 0) is 30.2 Å². The fourth-order valence-electron chi connectivity index (χ4n) is 1.46. The summed E-state index contributed by atoms with van der Waals surface area (Å²) < 4.78 is 5.84. The van der Waals surface area contributed by atoms with E-state index in [2.05, 4.69) is 21.2 Å². The van der Waals surface area contributed by atoms with Crippen LogP contribution in [0, 0.1) is 0 Å². The van der Waals surface area contributed by atoms with Gasteiger partial charge in [-0.3, -0.25) is 4.79 Å². The highest BCUT2D eigenvalue weighted by molar-refractivity contribution is 9.10. The summed E-state index contributed by atoms with van der Waals surface area (Å²) in [5.41, 5.74) is 7.52. The van der Waals surface area contributed by atoms with Gasteiger partial charge in [-0.1, -0.05) is 22.9 Å². The number of benzene rings is 1. The Morgan fingerprint density at radius 3 is 2.78 bits per heavy atom. The lowest BCUT2D eigenvalue weighted by Crippen LogP contribution is -2.39. The van der Waals surface area contributed by atoms with Crippen LogP contribution in [-0.4, -0.2) is 25.7 Å². The van der Waals surface area contributed by atoms with Crippen LogP contribution in [0.1, 0.15) is 12.5 Å². The van der Waals surface area contributed by atoms with Crippen molar-refractivity contribution in [1.29, 1.82) is 0 Å². The quantitative estimate of drug-likeness (QED) is 0.867. The molecule has 0 saturated heterocycles. The topological polar surface area (TPSA) is 64.4 Å². The predicted molar refractivity (Wildman–Crippen MR) is 79.2 cm³/mol. The maximum Gasteiger partial charge on any atom is 0.243 e. The van der Waals surface area contributed by atoms with Crippen LogP contribution in [0.2, 0.25) is 0 Å². The summed E-state index contributed by atoms with van der Waals surface area (Å²) in [6.07, 6.45) is 0.842. The molecule has 0 aromatic heterocycles. The van der Waals surface area contributed by atoms with E-state index in [9.17, 15) is 4.79 Å². The van der Waals surface area contributed by atoms with Crippen LogP contribution < -0.4 is 11.1 Å². The summed E-state index contributed by atoms with van der Waals surface area (Å²) in [5.74, 6) is -0.233. The van der Waals surface area contributed by atoms with E-state index in [1.807, 2.05) is 25.1 Å². The third kappa shape index (κ3) is 4.94. The molecule has 102 valence electrons. The van der Waals surface area contributed by atoms with Crippen LogP contribution in [0.15, 0.2) is 22.7 Å². The fourth-order valence-corrected chi connectivity index (χ4v) is 1.87. The van der Waals surface area contributed by atoms with Crippen LogP contribution >= 0.6 is 28.3 Å². The molecule has 0 bridgehead atoms. The number of hydrogen-bond acceptors (Lipinski definition) is 3. The highest BCUT2D eigenvalue weighted by Gasteiger charge is 2.14. The molecule has 1 aromatic carbocycles. The number of nitrogens with one attached hydrogen (secondary N) is 1. The van der Waals surface area contributed by atoms with Crippen LogP contribution in [-0.2, 0) is 16.0 Å². The van der Waals surface area contributed by atoms with E-state index in [-0.39, 0.29) is 24.9 Å². The molecule has 0 heterocycles. The molecule has 1 unspecified atom stereocenters. The highest BCUT2D eigenvalue weighted by atomic mass is 79.9. The highest BCUT2D eigenvalue weighted by Crippen LogP contribution is 2.21. The number of halogens is 2. The van der Waals surface area contributed by atoms with Crippen molar-refractivity contribution in [3.63, 3.8) is 0 Å². The summed E-state index contributed by atoms with van der Waals surface area (Å²) in [4.78, 5) is 11.7. The van der Waals surface area contributed by atoms with Crippen molar-refractivity contribution in [2.24, 2.45) is 5.73 Å². The molecule has 0 spiro atoms. The molecule has 0 radical (unpaired) electrons. The number of anilines is 1. The zero-order valence-corrected chi connectivity index (χ0v) is 12.8. The van der Waals surface area contributed by atoms with Gasteiger partial charge in [0.2, 0.25) is 5.91 Å². The zero-order valence-electron chi connectivity index (χ0n) is 10.4. The molecular formula is C12H18BrClN2O2. The number of hydrogen-bond donors (Lipinski definition) is 2. The van der Waals surface area contributed by atoms with Gasteiger partial charge in [-0.25, -0.2) is 0 Å². The number of carbonyl (C=O) groups is 1. The molecule has 0 aliphatic rings. The van der Waals surface area contributed by atoms with E-state index in [1.54, 1.807) is 0 Å². The molecule has 4 nitrogen and oxygen atoms in total. The standard InChI is InChI=1S/C12H17BrN2O2.ClH/c1-3-8-6-9(13)4-5-11(8)15-12(16)10(14)7-17-2;/h4-6,10H,3,7,14H2,1-2H3,(H,15,16);1H. The zero-order chi connectivity index (χ0) is 12.8. The molecule has 1 rings (SSSR count). The lowest BCUT2D eigenvalue weighted by atomic mass is 10.1. The average molecular weight is 338 g/mol. The minimum Gasteiger partial charge on any atom is -0.383 e. The first-order chi connectivity index (χ1) is 8.08. The molecule has 0 aliphatic heterocycles. The monoisotopic (exact) mass is 336 g/mol. The minimum absolute atomic E-state index is 0. The van der Waals surface area contributed by atoms with Gasteiger partial charge in [-0.15, -0.1) is 12.4 Å². The summed E-state index contributed by atoms with van der Waals surface area (Å²) in [5, 5.41) is 2.81. The largest absolute Gasteiger partial charge is 0.383 e. The van der Waals surface area contributed by atoms with Crippen molar-refractivity contribution in [3.05, 3.63) is 28.2 Å². The predicted octanol–water partition coefficient (Wildman–Crippen LogP) is 2.35. The van der Waals surface area contributed by atoms with Gasteiger partial charge in [0.1, 0.15) is 6.04 Å². The minimum atomic E-state index is -0.645. The van der Waals surface area contributed by atoms with Gasteiger partial charge in [-0.2, -0.15) is 0 Å². The maximum absolute atomic E-state index is 11.7. The molecule has 0 fully saturated rings. The van der Waals surface area contributed by atoms with E-state index in [4.69, 9.17) is 10.5 Å². The Labute approximate surface area is 122 Å². The van der Waals surface area contributed by atoms with E-state index in [0.29, 0.717) is 0 Å². The Kier molecular flexibility index (Phi) is 8.18. The van der Waals surface area contributed by atoms with Crippen LogP contribution in [0.25, 0.3) is 0 Å². The summed E-state index contributed by atoms with van der Waals surface area (Å²) in [7, 11) is 1.52. The molecular weight excluding hydrogens is 320 g/mol. The number of rotatable bonds is 5. The fraction of sp³-hybridized carbons (Fsp3) is 0.417. The maximum atomic E-state index is 11.7. The smallest absolute Gasteiger partial charge is 0.243 e. The third-order valence-corrected chi connectivity index (χ3v) is 2.88. The Bertz CT molecular complexity index is 402. The lowest BCUT2D eigenvalue weighted by Gasteiger charge is -2.14. The number of carbonyl (C=O) groups excluding carboxylic acids is 1. The van der Waals surface area contributed by atoms with Gasteiger partial charge in [0.05, 0.1) is 6.61 Å². The van der Waals surface area contributed by atoms with Crippen LogP contribution in [0.5, 0.6) is 0 Å². The normalized spacial score (nSPS) is 11.6. The number of amides is 1. The Morgan fingerprint density at radius 1 is 1.56 bits per heavy atom. The molecule has 0 saturated carbocycles. The van der Waals surface area contributed by atoms with Crippen LogP contribution in [0.4, 0.5) is 5.69 Å². The Balaban J connectivity index is 0.00000289. The number of methoxy groups -OCH3 is 1. The summed E-state index contributed by atoms with van der Waals surface area (Å²) >= 11 is 3.40. The molecule has 1 atom stereocenters. The summed E-state index contributed by atoms with van der Waals surface area (Å²) in [6.45, 7) is 2.25. The molecule has 0 aliphatic carbocycles. The first-order valence-electron chi connectivity index (χ1n) is 5.42. The molecule has 1 aromatic rings. The third-order valence-electron chi connectivity index (χ3n) is 2.39. The summed E-state index contributed by atoms with van der Waals surface area (Å²) in [6, 6.07) is 5.09. The SMILES string of the molecule is CCc1cc(Br)ccc1NC(=O)C(N)COC.Cl. The number of ether oxygens (including phenoxy) is 1. The first kappa shape index (κ1) is 17.4. The Hall–Kier alpha value is -0.620. The lowest BCUT2D eigenvalue weighted by molar-refractivity contribution is -0.118.